The molecule has 0 saturated carbocycles. The molecule has 9 nitrogen and oxygen atoms in total. The van der Waals surface area contributed by atoms with Gasteiger partial charge in [0.25, 0.3) is 0 Å². The predicted octanol–water partition coefficient (Wildman–Crippen LogP) is 3.56. The fourth-order valence-corrected chi connectivity index (χ4v) is 4.64. The highest BCUT2D eigenvalue weighted by atomic mass is 35.5. The molecule has 0 spiro atoms. The predicted molar refractivity (Wildman–Crippen MR) is 135 cm³/mol. The zero-order valence-corrected chi connectivity index (χ0v) is 21.0. The average molecular weight is 490 g/mol. The summed E-state index contributed by atoms with van der Waals surface area (Å²) in [5.74, 6) is 0.892. The number of halogens is 1. The molecule has 0 radical (unpaired) electrons. The van der Waals surface area contributed by atoms with Crippen molar-refractivity contribution in [2.75, 3.05) is 63.6 Å². The summed E-state index contributed by atoms with van der Waals surface area (Å²) in [4.78, 5) is 20.8. The number of carbonyl (C=O) groups is 1. The van der Waals surface area contributed by atoms with Crippen molar-refractivity contribution in [3.8, 4) is 0 Å². The second kappa shape index (κ2) is 11.9. The summed E-state index contributed by atoms with van der Waals surface area (Å²) >= 11 is 6.39. The van der Waals surface area contributed by atoms with Crippen molar-refractivity contribution in [3.05, 3.63) is 29.2 Å². The maximum atomic E-state index is 12.1. The van der Waals surface area contributed by atoms with E-state index in [1.54, 1.807) is 6.20 Å². The summed E-state index contributed by atoms with van der Waals surface area (Å²) in [7, 11) is 2.17. The van der Waals surface area contributed by atoms with Gasteiger partial charge in [0.1, 0.15) is 5.82 Å². The number of likely N-dealkylation sites (tertiary alicyclic amines) is 1. The van der Waals surface area contributed by atoms with Gasteiger partial charge in [-0.15, -0.1) is 0 Å². The van der Waals surface area contributed by atoms with Gasteiger partial charge < -0.3 is 25.2 Å². The molecule has 2 saturated heterocycles. The van der Waals surface area contributed by atoms with E-state index < -0.39 is 0 Å². The van der Waals surface area contributed by atoms with Crippen molar-refractivity contribution in [2.45, 2.75) is 45.1 Å². The molecule has 0 atom stereocenters. The molecule has 4 rings (SSSR count). The Hall–Kier alpha value is -2.36. The SMILES string of the molecule is CCc1nn(C2CCN(C)CC2)cc1Nc1cc(NCCCN2CCOCCC2=O)c(Cl)cn1. The van der Waals surface area contributed by atoms with Crippen LogP contribution in [0.2, 0.25) is 5.02 Å². The van der Waals surface area contributed by atoms with Crippen LogP contribution in [-0.2, 0) is 16.0 Å². The Kier molecular flexibility index (Phi) is 8.64. The van der Waals surface area contributed by atoms with Gasteiger partial charge in [-0.2, -0.15) is 5.10 Å². The van der Waals surface area contributed by atoms with Crippen molar-refractivity contribution >= 4 is 34.7 Å². The van der Waals surface area contributed by atoms with Crippen LogP contribution in [0.5, 0.6) is 0 Å². The van der Waals surface area contributed by atoms with Gasteiger partial charge in [0.05, 0.1) is 54.0 Å². The third-order valence-corrected chi connectivity index (χ3v) is 6.86. The van der Waals surface area contributed by atoms with E-state index in [0.717, 1.165) is 61.7 Å². The number of amides is 1. The van der Waals surface area contributed by atoms with Crippen LogP contribution in [0.1, 0.15) is 44.3 Å². The molecule has 2 fully saturated rings. The highest BCUT2D eigenvalue weighted by Crippen LogP contribution is 2.29. The quantitative estimate of drug-likeness (QED) is 0.521. The second-order valence-electron chi connectivity index (χ2n) is 9.06. The summed E-state index contributed by atoms with van der Waals surface area (Å²) in [6, 6.07) is 2.37. The summed E-state index contributed by atoms with van der Waals surface area (Å²) in [6.45, 7) is 7.53. The molecule has 2 aromatic heterocycles. The first kappa shape index (κ1) is 24.8. The van der Waals surface area contributed by atoms with Crippen molar-refractivity contribution in [2.24, 2.45) is 0 Å². The van der Waals surface area contributed by atoms with Crippen LogP contribution in [0.25, 0.3) is 0 Å². The van der Waals surface area contributed by atoms with Crippen LogP contribution < -0.4 is 10.6 Å². The monoisotopic (exact) mass is 489 g/mol. The van der Waals surface area contributed by atoms with Crippen LogP contribution in [0.3, 0.4) is 0 Å². The normalized spacial score (nSPS) is 18.2. The number of aromatic nitrogens is 3. The molecule has 186 valence electrons. The van der Waals surface area contributed by atoms with Crippen LogP contribution in [-0.4, -0.2) is 83.5 Å². The van der Waals surface area contributed by atoms with E-state index >= 15 is 0 Å². The minimum atomic E-state index is 0.165. The fourth-order valence-electron chi connectivity index (χ4n) is 4.47. The molecule has 0 aliphatic carbocycles. The number of nitrogens with zero attached hydrogens (tertiary/aromatic N) is 5. The first-order valence-electron chi connectivity index (χ1n) is 12.3. The second-order valence-corrected chi connectivity index (χ2v) is 9.46. The minimum absolute atomic E-state index is 0.165. The van der Waals surface area contributed by atoms with Gasteiger partial charge >= 0.3 is 0 Å². The summed E-state index contributed by atoms with van der Waals surface area (Å²) in [6.07, 6.45) is 8.15. The molecule has 2 aliphatic rings. The fraction of sp³-hybridized carbons (Fsp3) is 0.625. The van der Waals surface area contributed by atoms with Gasteiger partial charge in [0.15, 0.2) is 0 Å². The van der Waals surface area contributed by atoms with Gasteiger partial charge in [0, 0.05) is 31.9 Å². The summed E-state index contributed by atoms with van der Waals surface area (Å²) < 4.78 is 7.51. The number of piperidine rings is 1. The van der Waals surface area contributed by atoms with Gasteiger partial charge in [-0.3, -0.25) is 9.48 Å². The number of hydrogen-bond donors (Lipinski definition) is 2. The summed E-state index contributed by atoms with van der Waals surface area (Å²) in [5.41, 5.74) is 2.85. The molecule has 2 aromatic rings. The van der Waals surface area contributed by atoms with E-state index in [9.17, 15) is 4.79 Å². The zero-order chi connectivity index (χ0) is 23.9. The number of pyridine rings is 1. The Morgan fingerprint density at radius 3 is 2.82 bits per heavy atom. The van der Waals surface area contributed by atoms with Gasteiger partial charge in [-0.05, 0) is 45.8 Å². The van der Waals surface area contributed by atoms with Crippen LogP contribution >= 0.6 is 11.6 Å². The van der Waals surface area contributed by atoms with Gasteiger partial charge in [-0.25, -0.2) is 4.98 Å². The Labute approximate surface area is 206 Å². The lowest BCUT2D eigenvalue weighted by Crippen LogP contribution is -2.33. The smallest absolute Gasteiger partial charge is 0.224 e. The van der Waals surface area contributed by atoms with Crippen molar-refractivity contribution in [1.29, 1.82) is 0 Å². The Balaban J connectivity index is 1.35. The Morgan fingerprint density at radius 1 is 1.21 bits per heavy atom. The lowest BCUT2D eigenvalue weighted by atomic mass is 10.1. The topological polar surface area (TPSA) is 87.5 Å². The van der Waals surface area contributed by atoms with Crippen LogP contribution in [0.4, 0.5) is 17.2 Å². The number of anilines is 3. The third-order valence-electron chi connectivity index (χ3n) is 6.56. The standard InChI is InChI=1S/C24H36ClN7O2/c1-3-20-22(17-32(29-20)18-5-10-30(2)11-6-18)28-23-15-21(19(25)16-27-23)26-8-4-9-31-12-14-34-13-7-24(31)33/h15-18H,3-14H2,1-2H3,(H2,26,27,28). The maximum Gasteiger partial charge on any atom is 0.224 e. The van der Waals surface area contributed by atoms with E-state index in [1.807, 2.05) is 11.0 Å². The van der Waals surface area contributed by atoms with Gasteiger partial charge in [-0.1, -0.05) is 18.5 Å². The van der Waals surface area contributed by atoms with Crippen LogP contribution in [0.15, 0.2) is 18.5 Å². The lowest BCUT2D eigenvalue weighted by Gasteiger charge is -2.28. The number of nitrogens with one attached hydrogen (secondary N) is 2. The van der Waals surface area contributed by atoms with E-state index in [1.165, 1.54) is 0 Å². The molecule has 0 unspecified atom stereocenters. The molecule has 1 amide bonds. The number of aryl methyl sites for hydroxylation is 1. The number of rotatable bonds is 9. The zero-order valence-electron chi connectivity index (χ0n) is 20.2. The van der Waals surface area contributed by atoms with E-state index in [4.69, 9.17) is 21.4 Å². The van der Waals surface area contributed by atoms with Gasteiger partial charge in [0.2, 0.25) is 5.91 Å². The Morgan fingerprint density at radius 2 is 2.03 bits per heavy atom. The number of ether oxygens (including phenoxy) is 1. The molecule has 0 aromatic carbocycles. The van der Waals surface area contributed by atoms with Crippen molar-refractivity contribution < 1.29 is 9.53 Å². The molecule has 2 N–H and O–H groups in total. The molecule has 34 heavy (non-hydrogen) atoms. The number of carbonyl (C=O) groups excluding carboxylic acids is 1. The van der Waals surface area contributed by atoms with E-state index in [2.05, 4.69) is 45.4 Å². The first-order valence-corrected chi connectivity index (χ1v) is 12.7. The highest BCUT2D eigenvalue weighted by Gasteiger charge is 2.21. The average Bonchev–Trinajstić information content (AvgIpc) is 3.13. The first-order chi connectivity index (χ1) is 16.5. The largest absolute Gasteiger partial charge is 0.384 e. The van der Waals surface area contributed by atoms with Crippen molar-refractivity contribution in [3.63, 3.8) is 0 Å². The maximum absolute atomic E-state index is 12.1. The van der Waals surface area contributed by atoms with Crippen molar-refractivity contribution in [1.82, 2.24) is 24.6 Å². The van der Waals surface area contributed by atoms with Crippen LogP contribution in [0, 0.1) is 0 Å². The summed E-state index contributed by atoms with van der Waals surface area (Å²) in [5, 5.41) is 12.3. The molecule has 10 heteroatoms. The molecule has 2 aliphatic heterocycles. The molecule has 0 bridgehead atoms. The molecular formula is C24H36ClN7O2. The molecule has 4 heterocycles. The van der Waals surface area contributed by atoms with E-state index in [-0.39, 0.29) is 5.91 Å². The number of hydrogen-bond acceptors (Lipinski definition) is 7. The minimum Gasteiger partial charge on any atom is -0.384 e. The van der Waals surface area contributed by atoms with E-state index in [0.29, 0.717) is 50.3 Å². The lowest BCUT2D eigenvalue weighted by molar-refractivity contribution is -0.130. The highest BCUT2D eigenvalue weighted by molar-refractivity contribution is 6.33. The molecular weight excluding hydrogens is 454 g/mol. The third kappa shape index (κ3) is 6.40. The Bertz CT molecular complexity index is 959.